The van der Waals surface area contributed by atoms with E-state index in [2.05, 4.69) is 16.0 Å². The molecule has 0 radical (unpaired) electrons. The van der Waals surface area contributed by atoms with Crippen LogP contribution in [0.3, 0.4) is 0 Å². The van der Waals surface area contributed by atoms with E-state index in [1.807, 2.05) is 64.3 Å². The fourth-order valence-electron chi connectivity index (χ4n) is 4.79. The van der Waals surface area contributed by atoms with E-state index < -0.39 is 24.4 Å². The zero-order valence-corrected chi connectivity index (χ0v) is 29.6. The summed E-state index contributed by atoms with van der Waals surface area (Å²) in [6.45, 7) is 3.79. The van der Waals surface area contributed by atoms with E-state index in [-0.39, 0.29) is 56.8 Å². The first-order valence-corrected chi connectivity index (χ1v) is 16.2. The molecular weight excluding hydrogens is 700 g/mol. The van der Waals surface area contributed by atoms with Crippen LogP contribution < -0.4 is 25.4 Å². The Labute approximate surface area is 298 Å². The van der Waals surface area contributed by atoms with Gasteiger partial charge in [0.15, 0.2) is 11.5 Å². The molecule has 0 saturated carbocycles. The second-order valence-electron chi connectivity index (χ2n) is 10.9. The number of hydrogen-bond acceptors (Lipinski definition) is 8. The molecule has 0 unspecified atom stereocenters. The van der Waals surface area contributed by atoms with Gasteiger partial charge in [0, 0.05) is 31.0 Å². The Balaban J connectivity index is 1.28. The van der Waals surface area contributed by atoms with Crippen molar-refractivity contribution in [2.24, 2.45) is 0 Å². The molecule has 0 atom stereocenters. The highest BCUT2D eigenvalue weighted by Gasteiger charge is 2.19. The summed E-state index contributed by atoms with van der Waals surface area (Å²) in [6.07, 6.45) is -0.297. The van der Waals surface area contributed by atoms with Gasteiger partial charge in [-0.2, -0.15) is 0 Å². The zero-order chi connectivity index (χ0) is 35.0. The van der Waals surface area contributed by atoms with E-state index in [0.29, 0.717) is 5.56 Å². The Bertz CT molecular complexity index is 1800. The van der Waals surface area contributed by atoms with Gasteiger partial charge in [0.25, 0.3) is 5.91 Å². The molecule has 0 bridgehead atoms. The number of carbonyl (C=O) groups excluding carboxylic acids is 3. The van der Waals surface area contributed by atoms with Gasteiger partial charge in [-0.1, -0.05) is 58.5 Å². The van der Waals surface area contributed by atoms with Gasteiger partial charge in [0.2, 0.25) is 0 Å². The lowest BCUT2D eigenvalue weighted by Gasteiger charge is -2.13. The van der Waals surface area contributed by atoms with Gasteiger partial charge >= 0.3 is 11.9 Å². The van der Waals surface area contributed by atoms with Crippen LogP contribution in [0.25, 0.3) is 0 Å². The van der Waals surface area contributed by atoms with Crippen LogP contribution in [0.5, 0.6) is 11.5 Å². The average Bonchev–Trinajstić information content (AvgIpc) is 3.02. The second-order valence-corrected chi connectivity index (χ2v) is 12.5. The highest BCUT2D eigenvalue weighted by Crippen LogP contribution is 2.36. The zero-order valence-electron chi connectivity index (χ0n) is 26.6. The first kappa shape index (κ1) is 36.7. The number of amides is 1. The van der Waals surface area contributed by atoms with Crippen LogP contribution in [0.4, 0.5) is 11.4 Å². The fraction of sp³-hybridized carbons (Fsp3) is 0.229. The smallest absolute Gasteiger partial charge is 0.333 e. The summed E-state index contributed by atoms with van der Waals surface area (Å²) in [5.74, 6) is -2.02. The number of esters is 2. The number of nitrogens with one attached hydrogen (secondary N) is 3. The third-order valence-electron chi connectivity index (χ3n) is 6.91. The Morgan fingerprint density at radius 2 is 1.06 bits per heavy atom. The quantitative estimate of drug-likeness (QED) is 0.0931. The Morgan fingerprint density at radius 3 is 1.52 bits per heavy atom. The third-order valence-corrected chi connectivity index (χ3v) is 8.03. The van der Waals surface area contributed by atoms with Gasteiger partial charge in [-0.3, -0.25) is 9.59 Å². The lowest BCUT2D eigenvalue weighted by atomic mass is 10.1. The molecule has 4 rings (SSSR count). The van der Waals surface area contributed by atoms with E-state index in [1.54, 1.807) is 0 Å². The summed E-state index contributed by atoms with van der Waals surface area (Å²) < 4.78 is 16.6. The lowest BCUT2D eigenvalue weighted by Crippen LogP contribution is -2.32. The molecule has 1 amide bonds. The molecule has 0 aliphatic carbocycles. The number of rotatable bonds is 13. The molecule has 4 aromatic carbocycles. The Kier molecular flexibility index (Phi) is 12.8. The Hall–Kier alpha value is -4.15. The van der Waals surface area contributed by atoms with Crippen molar-refractivity contribution in [3.63, 3.8) is 0 Å². The molecule has 48 heavy (non-hydrogen) atoms. The predicted molar refractivity (Wildman–Crippen MR) is 190 cm³/mol. The van der Waals surface area contributed by atoms with Crippen LogP contribution in [-0.4, -0.2) is 38.5 Å². The van der Waals surface area contributed by atoms with Crippen molar-refractivity contribution in [1.82, 2.24) is 5.32 Å². The summed E-state index contributed by atoms with van der Waals surface area (Å²) in [6, 6.07) is 17.6. The van der Waals surface area contributed by atoms with Crippen LogP contribution in [0, 0.1) is 13.8 Å². The highest BCUT2D eigenvalue weighted by molar-refractivity contribution is 6.38. The highest BCUT2D eigenvalue weighted by atomic mass is 35.5. The van der Waals surface area contributed by atoms with E-state index >= 15 is 0 Å². The standard InChI is InChI=1S/C35H33Cl4N3O6/c1-19-5-22(9-25(7-19)40-3)17-46-33-27(36)11-21(12-28(33)37)13-31(43)48-32(44)16-42-35(45)24-14-29(38)34(30(39)15-24)47-18-23-6-20(2)8-26(10-23)41-4/h5-12,14-15,40-41H,13,16-18H2,1-4H3,(H,42,45). The lowest BCUT2D eigenvalue weighted by molar-refractivity contribution is -0.158. The largest absolute Gasteiger partial charge is 0.486 e. The number of carbonyl (C=O) groups is 3. The van der Waals surface area contributed by atoms with Crippen molar-refractivity contribution in [2.75, 3.05) is 31.3 Å². The molecule has 0 spiro atoms. The molecule has 3 N–H and O–H groups in total. The van der Waals surface area contributed by atoms with E-state index in [4.69, 9.17) is 60.6 Å². The summed E-state index contributed by atoms with van der Waals surface area (Å²) in [4.78, 5) is 37.5. The van der Waals surface area contributed by atoms with Crippen molar-refractivity contribution in [3.05, 3.63) is 114 Å². The monoisotopic (exact) mass is 731 g/mol. The maximum absolute atomic E-state index is 12.7. The number of hydrogen-bond donors (Lipinski definition) is 3. The Morgan fingerprint density at radius 1 is 0.604 bits per heavy atom. The number of ether oxygens (including phenoxy) is 3. The fourth-order valence-corrected chi connectivity index (χ4v) is 6.03. The SMILES string of the molecule is CNc1cc(C)cc(COc2c(Cl)cc(CC(=O)OC(=O)CNC(=O)c3cc(Cl)c(OCc4cc(C)cc(NC)c4)c(Cl)c3)cc2Cl)c1. The first-order valence-electron chi connectivity index (χ1n) is 14.7. The molecule has 9 nitrogen and oxygen atoms in total. The van der Waals surface area contributed by atoms with Gasteiger partial charge in [-0.25, -0.2) is 4.79 Å². The van der Waals surface area contributed by atoms with Crippen molar-refractivity contribution in [2.45, 2.75) is 33.5 Å². The minimum Gasteiger partial charge on any atom is -0.486 e. The van der Waals surface area contributed by atoms with Crippen molar-refractivity contribution >= 4 is 75.6 Å². The summed E-state index contributed by atoms with van der Waals surface area (Å²) in [5.41, 5.74) is 6.30. The number of anilines is 2. The molecule has 0 aromatic heterocycles. The maximum Gasteiger partial charge on any atom is 0.333 e. The molecule has 252 valence electrons. The van der Waals surface area contributed by atoms with Crippen molar-refractivity contribution in [3.8, 4) is 11.5 Å². The van der Waals surface area contributed by atoms with E-state index in [1.165, 1.54) is 24.3 Å². The van der Waals surface area contributed by atoms with Gasteiger partial charge in [-0.05, 0) is 90.2 Å². The van der Waals surface area contributed by atoms with E-state index in [0.717, 1.165) is 33.6 Å². The molecule has 0 heterocycles. The number of aryl methyl sites for hydroxylation is 2. The van der Waals surface area contributed by atoms with Gasteiger partial charge < -0.3 is 30.2 Å². The minimum absolute atomic E-state index is 0.0842. The summed E-state index contributed by atoms with van der Waals surface area (Å²) in [7, 11) is 3.66. The van der Waals surface area contributed by atoms with Crippen molar-refractivity contribution in [1.29, 1.82) is 0 Å². The topological polar surface area (TPSA) is 115 Å². The molecule has 0 aliphatic rings. The van der Waals surface area contributed by atoms with Crippen LogP contribution in [0.2, 0.25) is 20.1 Å². The molecular formula is C35H33Cl4N3O6. The van der Waals surface area contributed by atoms with Crippen molar-refractivity contribution < 1.29 is 28.6 Å². The van der Waals surface area contributed by atoms with E-state index in [9.17, 15) is 14.4 Å². The molecule has 0 aliphatic heterocycles. The van der Waals surface area contributed by atoms with Gasteiger partial charge in [0.05, 0.1) is 26.5 Å². The third kappa shape index (κ3) is 10.2. The first-order chi connectivity index (χ1) is 22.8. The molecule has 0 saturated heterocycles. The van der Waals surface area contributed by atoms with Gasteiger partial charge in [0.1, 0.15) is 19.8 Å². The average molecular weight is 733 g/mol. The van der Waals surface area contributed by atoms with Gasteiger partial charge in [-0.15, -0.1) is 0 Å². The number of benzene rings is 4. The van der Waals surface area contributed by atoms with Crippen LogP contribution in [-0.2, 0) is 34.0 Å². The minimum atomic E-state index is -0.971. The number of halogens is 4. The van der Waals surface area contributed by atoms with Crippen LogP contribution in [0.1, 0.15) is 38.2 Å². The van der Waals surface area contributed by atoms with Crippen LogP contribution in [0.15, 0.2) is 60.7 Å². The molecule has 0 fully saturated rings. The van der Waals surface area contributed by atoms with Crippen LogP contribution >= 0.6 is 46.4 Å². The predicted octanol–water partition coefficient (Wildman–Crippen LogP) is 8.20. The normalized spacial score (nSPS) is 10.7. The molecule has 13 heteroatoms. The maximum atomic E-state index is 12.7. The molecule has 4 aromatic rings. The second kappa shape index (κ2) is 16.8. The summed E-state index contributed by atoms with van der Waals surface area (Å²) in [5, 5.41) is 9.18. The summed E-state index contributed by atoms with van der Waals surface area (Å²) >= 11 is 25.5.